The number of hydrogen-bond acceptors (Lipinski definition) is 3. The Morgan fingerprint density at radius 1 is 0.750 bits per heavy atom. The van der Waals surface area contributed by atoms with Gasteiger partial charge in [-0.05, 0) is 33.1 Å². The molecular weight excluding hydrogens is 351 g/mol. The minimum atomic E-state index is -2.86. The van der Waals surface area contributed by atoms with Gasteiger partial charge in [0.25, 0.3) is 0 Å². The summed E-state index contributed by atoms with van der Waals surface area (Å²) in [6, 6.07) is 0.389. The molecule has 0 aliphatic rings. The van der Waals surface area contributed by atoms with E-state index in [2.05, 4.69) is 0 Å². The predicted octanol–water partition coefficient (Wildman–Crippen LogP) is 4.36. The van der Waals surface area contributed by atoms with Crippen LogP contribution in [0, 0.1) is 29.1 Å². The first kappa shape index (κ1) is 21.0. The normalized spacial score (nSPS) is 12.0. The second-order valence-electron chi connectivity index (χ2n) is 5.01. The smallest absolute Gasteiger partial charge is 0.377 e. The van der Waals surface area contributed by atoms with Crippen LogP contribution in [-0.2, 0) is 19.7 Å². The minimum Gasteiger partial charge on any atom is -0.377 e. The van der Waals surface area contributed by atoms with E-state index in [1.807, 2.05) is 0 Å². The average molecular weight is 372 g/mol. The molecule has 0 fully saturated rings. The van der Waals surface area contributed by atoms with E-state index in [-0.39, 0.29) is 12.8 Å². The maximum atomic E-state index is 13.6. The van der Waals surface area contributed by atoms with E-state index in [0.29, 0.717) is 25.7 Å². The van der Waals surface area contributed by atoms with Gasteiger partial charge in [0.1, 0.15) is 0 Å². The van der Waals surface area contributed by atoms with Crippen molar-refractivity contribution in [3.8, 4) is 0 Å². The maximum Gasteiger partial charge on any atom is 0.500 e. The van der Waals surface area contributed by atoms with E-state index in [1.165, 1.54) is 7.11 Å². The van der Waals surface area contributed by atoms with Crippen LogP contribution in [0.15, 0.2) is 0 Å². The standard InChI is InChI=1S/C15H21F5O3Si/c1-4-22-24(21-3,23-5-2)9-7-6-8-10-11(16)13(18)15(20)14(19)12(10)17/h4-9H2,1-3H3. The quantitative estimate of drug-likeness (QED) is 0.201. The summed E-state index contributed by atoms with van der Waals surface area (Å²) in [5, 5.41) is 0. The second kappa shape index (κ2) is 9.45. The fraction of sp³-hybridized carbons (Fsp3) is 0.600. The first-order valence-electron chi connectivity index (χ1n) is 7.66. The summed E-state index contributed by atoms with van der Waals surface area (Å²) >= 11 is 0. The van der Waals surface area contributed by atoms with Crippen LogP contribution < -0.4 is 0 Å². The van der Waals surface area contributed by atoms with Crippen LogP contribution in [0.1, 0.15) is 32.3 Å². The van der Waals surface area contributed by atoms with Crippen LogP contribution in [-0.4, -0.2) is 29.1 Å². The van der Waals surface area contributed by atoms with E-state index < -0.39 is 43.5 Å². The molecule has 24 heavy (non-hydrogen) atoms. The Morgan fingerprint density at radius 3 is 1.62 bits per heavy atom. The van der Waals surface area contributed by atoms with E-state index in [0.717, 1.165) is 0 Å². The van der Waals surface area contributed by atoms with Gasteiger partial charge >= 0.3 is 8.80 Å². The molecule has 0 saturated carbocycles. The van der Waals surface area contributed by atoms with Crippen molar-refractivity contribution in [3.05, 3.63) is 34.6 Å². The van der Waals surface area contributed by atoms with Gasteiger partial charge in [0, 0.05) is 31.9 Å². The number of halogens is 5. The molecule has 0 atom stereocenters. The Morgan fingerprint density at radius 2 is 1.21 bits per heavy atom. The summed E-state index contributed by atoms with van der Waals surface area (Å²) < 4.78 is 82.9. The van der Waals surface area contributed by atoms with Crippen LogP contribution in [0.3, 0.4) is 0 Å². The zero-order chi connectivity index (χ0) is 18.3. The van der Waals surface area contributed by atoms with Crippen molar-refractivity contribution in [2.75, 3.05) is 20.3 Å². The topological polar surface area (TPSA) is 27.7 Å². The number of benzene rings is 1. The van der Waals surface area contributed by atoms with Crippen molar-refractivity contribution in [3.63, 3.8) is 0 Å². The highest BCUT2D eigenvalue weighted by atomic mass is 28.4. The van der Waals surface area contributed by atoms with Gasteiger partial charge in [-0.2, -0.15) is 0 Å². The van der Waals surface area contributed by atoms with Crippen molar-refractivity contribution in [2.45, 2.75) is 39.2 Å². The molecule has 0 N–H and O–H groups in total. The summed E-state index contributed by atoms with van der Waals surface area (Å²) in [6.07, 6.45) is 0.328. The Hall–Kier alpha value is -1.03. The predicted molar refractivity (Wildman–Crippen MR) is 80.0 cm³/mol. The molecule has 3 nitrogen and oxygen atoms in total. The fourth-order valence-corrected chi connectivity index (χ4v) is 4.73. The van der Waals surface area contributed by atoms with Crippen LogP contribution >= 0.6 is 0 Å². The molecular formula is C15H21F5O3Si. The molecule has 1 aromatic rings. The Labute approximate surface area is 139 Å². The Bertz CT molecular complexity index is 521. The highest BCUT2D eigenvalue weighted by molar-refractivity contribution is 6.60. The van der Waals surface area contributed by atoms with Gasteiger partial charge in [0.2, 0.25) is 5.82 Å². The van der Waals surface area contributed by atoms with Crippen molar-refractivity contribution in [2.24, 2.45) is 0 Å². The van der Waals surface area contributed by atoms with Crippen molar-refractivity contribution in [1.29, 1.82) is 0 Å². The number of rotatable bonds is 10. The third-order valence-electron chi connectivity index (χ3n) is 3.50. The molecule has 0 heterocycles. The molecule has 0 amide bonds. The molecule has 0 bridgehead atoms. The molecule has 0 aromatic heterocycles. The molecule has 0 aliphatic heterocycles. The minimum absolute atomic E-state index is 0.205. The van der Waals surface area contributed by atoms with Crippen LogP contribution in [0.4, 0.5) is 22.0 Å². The molecule has 0 spiro atoms. The molecule has 0 aliphatic carbocycles. The first-order chi connectivity index (χ1) is 11.3. The molecule has 0 saturated heterocycles. The largest absolute Gasteiger partial charge is 0.500 e. The third-order valence-corrected chi connectivity index (χ3v) is 6.54. The molecule has 1 aromatic carbocycles. The number of unbranched alkanes of at least 4 members (excludes halogenated alkanes) is 1. The lowest BCUT2D eigenvalue weighted by molar-refractivity contribution is 0.0860. The summed E-state index contributed by atoms with van der Waals surface area (Å²) in [7, 11) is -1.40. The molecule has 9 heteroatoms. The van der Waals surface area contributed by atoms with Crippen LogP contribution in [0.25, 0.3) is 0 Å². The SMILES string of the molecule is CCO[Si](CCCCc1c(F)c(F)c(F)c(F)c1F)(OC)OCC. The summed E-state index contributed by atoms with van der Waals surface area (Å²) in [5.74, 6) is -9.55. The maximum absolute atomic E-state index is 13.6. The fourth-order valence-electron chi connectivity index (χ4n) is 2.36. The Kier molecular flexibility index (Phi) is 8.27. The van der Waals surface area contributed by atoms with Crippen molar-refractivity contribution >= 4 is 8.80 Å². The van der Waals surface area contributed by atoms with Gasteiger partial charge < -0.3 is 13.3 Å². The van der Waals surface area contributed by atoms with Crippen molar-refractivity contribution in [1.82, 2.24) is 0 Å². The van der Waals surface area contributed by atoms with Crippen LogP contribution in [0.2, 0.25) is 6.04 Å². The van der Waals surface area contributed by atoms with E-state index in [9.17, 15) is 22.0 Å². The van der Waals surface area contributed by atoms with Crippen LogP contribution in [0.5, 0.6) is 0 Å². The summed E-state index contributed by atoms with van der Waals surface area (Å²) in [6.45, 7) is 4.35. The van der Waals surface area contributed by atoms with Crippen molar-refractivity contribution < 1.29 is 35.2 Å². The van der Waals surface area contributed by atoms with E-state index >= 15 is 0 Å². The third kappa shape index (κ3) is 4.75. The molecule has 0 unspecified atom stereocenters. The molecule has 1 rings (SSSR count). The van der Waals surface area contributed by atoms with E-state index in [4.69, 9.17) is 13.3 Å². The summed E-state index contributed by atoms with van der Waals surface area (Å²) in [4.78, 5) is 0. The highest BCUT2D eigenvalue weighted by Gasteiger charge is 2.38. The highest BCUT2D eigenvalue weighted by Crippen LogP contribution is 2.25. The van der Waals surface area contributed by atoms with Gasteiger partial charge in [-0.25, -0.2) is 22.0 Å². The summed E-state index contributed by atoms with van der Waals surface area (Å²) in [5.41, 5.74) is -0.802. The Balaban J connectivity index is 2.74. The lowest BCUT2D eigenvalue weighted by Crippen LogP contribution is -2.44. The van der Waals surface area contributed by atoms with E-state index in [1.54, 1.807) is 13.8 Å². The van der Waals surface area contributed by atoms with Gasteiger partial charge in [0.15, 0.2) is 23.3 Å². The number of hydrogen-bond donors (Lipinski definition) is 0. The lowest BCUT2D eigenvalue weighted by atomic mass is 10.1. The lowest BCUT2D eigenvalue weighted by Gasteiger charge is -2.27. The van der Waals surface area contributed by atoms with Gasteiger partial charge in [-0.3, -0.25) is 0 Å². The second-order valence-corrected chi connectivity index (χ2v) is 7.86. The van der Waals surface area contributed by atoms with Gasteiger partial charge in [-0.1, -0.05) is 0 Å². The zero-order valence-electron chi connectivity index (χ0n) is 13.9. The monoisotopic (exact) mass is 372 g/mol. The molecule has 0 radical (unpaired) electrons. The molecule has 138 valence electrons. The first-order valence-corrected chi connectivity index (χ1v) is 9.60. The van der Waals surface area contributed by atoms with Gasteiger partial charge in [0.05, 0.1) is 0 Å². The average Bonchev–Trinajstić information content (AvgIpc) is 2.57. The zero-order valence-corrected chi connectivity index (χ0v) is 14.9. The van der Waals surface area contributed by atoms with Gasteiger partial charge in [-0.15, -0.1) is 0 Å².